The maximum Gasteiger partial charge on any atom is 0.129 e. The van der Waals surface area contributed by atoms with Gasteiger partial charge in [-0.2, -0.15) is 0 Å². The second-order valence-electron chi connectivity index (χ2n) is 4.58. The van der Waals surface area contributed by atoms with Gasteiger partial charge in [-0.1, -0.05) is 29.8 Å². The minimum absolute atomic E-state index is 0.0941. The highest BCUT2D eigenvalue weighted by molar-refractivity contribution is 6.31. The first kappa shape index (κ1) is 14.8. The van der Waals surface area contributed by atoms with Gasteiger partial charge in [0.25, 0.3) is 0 Å². The maximum atomic E-state index is 13.7. The van der Waals surface area contributed by atoms with Gasteiger partial charge in [-0.3, -0.25) is 0 Å². The smallest absolute Gasteiger partial charge is 0.129 e. The normalized spacial score (nSPS) is 12.2. The Morgan fingerprint density at radius 2 is 1.90 bits per heavy atom. The van der Waals surface area contributed by atoms with Gasteiger partial charge < -0.3 is 10.1 Å². The van der Waals surface area contributed by atoms with Crippen LogP contribution >= 0.6 is 11.6 Å². The van der Waals surface area contributed by atoms with E-state index in [0.29, 0.717) is 17.1 Å². The number of hydrogen-bond donors (Lipinski definition) is 1. The lowest BCUT2D eigenvalue weighted by atomic mass is 10.1. The Morgan fingerprint density at radius 1 is 1.20 bits per heavy atom. The molecule has 0 heterocycles. The Morgan fingerprint density at radius 3 is 2.50 bits per heavy atom. The first-order valence-corrected chi connectivity index (χ1v) is 6.80. The number of benzene rings is 2. The van der Waals surface area contributed by atoms with Crippen molar-refractivity contribution in [2.75, 3.05) is 7.11 Å². The first-order valence-electron chi connectivity index (χ1n) is 6.42. The van der Waals surface area contributed by atoms with Crippen molar-refractivity contribution in [3.05, 3.63) is 64.4 Å². The number of hydrogen-bond acceptors (Lipinski definition) is 2. The van der Waals surface area contributed by atoms with Gasteiger partial charge in [0.1, 0.15) is 11.6 Å². The Hall–Kier alpha value is -1.58. The lowest BCUT2D eigenvalue weighted by Crippen LogP contribution is -2.19. The molecule has 0 aromatic heterocycles. The Balaban J connectivity index is 2.02. The molecule has 0 aliphatic rings. The molecule has 0 unspecified atom stereocenters. The maximum absolute atomic E-state index is 13.7. The molecule has 0 aliphatic heterocycles. The summed E-state index contributed by atoms with van der Waals surface area (Å²) in [5, 5.41) is 3.71. The zero-order valence-corrected chi connectivity index (χ0v) is 12.2. The summed E-state index contributed by atoms with van der Waals surface area (Å²) < 4.78 is 18.8. The fraction of sp³-hybridized carbons (Fsp3) is 0.250. The quantitative estimate of drug-likeness (QED) is 0.885. The van der Waals surface area contributed by atoms with E-state index in [9.17, 15) is 4.39 Å². The third kappa shape index (κ3) is 3.50. The van der Waals surface area contributed by atoms with Crippen molar-refractivity contribution in [3.63, 3.8) is 0 Å². The standard InChI is InChI=1S/C16H17ClFNO/c1-11(12-6-8-13(20-2)9-7-12)19-10-14-15(17)4-3-5-16(14)18/h3-9,11,19H,10H2,1-2H3/t11-/m0/s1. The molecule has 0 radical (unpaired) electrons. The summed E-state index contributed by atoms with van der Waals surface area (Å²) in [4.78, 5) is 0. The molecule has 2 aromatic carbocycles. The van der Waals surface area contributed by atoms with Crippen molar-refractivity contribution in [2.45, 2.75) is 19.5 Å². The summed E-state index contributed by atoms with van der Waals surface area (Å²) in [6, 6.07) is 12.6. The number of rotatable bonds is 5. The average Bonchev–Trinajstić information content (AvgIpc) is 2.46. The predicted molar refractivity (Wildman–Crippen MR) is 79.7 cm³/mol. The fourth-order valence-corrected chi connectivity index (χ4v) is 2.20. The van der Waals surface area contributed by atoms with E-state index < -0.39 is 0 Å². The van der Waals surface area contributed by atoms with E-state index in [1.54, 1.807) is 19.2 Å². The highest BCUT2D eigenvalue weighted by Crippen LogP contribution is 2.21. The largest absolute Gasteiger partial charge is 0.497 e. The molecule has 0 fully saturated rings. The summed E-state index contributed by atoms with van der Waals surface area (Å²) in [6.45, 7) is 2.41. The fourth-order valence-electron chi connectivity index (χ4n) is 1.97. The highest BCUT2D eigenvalue weighted by atomic mass is 35.5. The number of ether oxygens (including phenoxy) is 1. The van der Waals surface area contributed by atoms with Gasteiger partial charge in [0, 0.05) is 23.2 Å². The summed E-state index contributed by atoms with van der Waals surface area (Å²) in [7, 11) is 1.64. The molecule has 0 saturated heterocycles. The van der Waals surface area contributed by atoms with E-state index >= 15 is 0 Å². The van der Waals surface area contributed by atoms with Crippen LogP contribution in [0.5, 0.6) is 5.75 Å². The van der Waals surface area contributed by atoms with Crippen molar-refractivity contribution in [3.8, 4) is 5.75 Å². The Kier molecular flexibility index (Phi) is 4.99. The van der Waals surface area contributed by atoms with Crippen molar-refractivity contribution < 1.29 is 9.13 Å². The van der Waals surface area contributed by atoms with Crippen LogP contribution in [-0.4, -0.2) is 7.11 Å². The third-order valence-electron chi connectivity index (χ3n) is 3.26. The van der Waals surface area contributed by atoms with E-state index in [-0.39, 0.29) is 11.9 Å². The van der Waals surface area contributed by atoms with Crippen LogP contribution in [0.2, 0.25) is 5.02 Å². The van der Waals surface area contributed by atoms with Crippen molar-refractivity contribution in [1.82, 2.24) is 5.32 Å². The van der Waals surface area contributed by atoms with E-state index in [1.165, 1.54) is 6.07 Å². The van der Waals surface area contributed by atoms with Gasteiger partial charge in [-0.25, -0.2) is 4.39 Å². The van der Waals surface area contributed by atoms with Crippen molar-refractivity contribution >= 4 is 11.6 Å². The molecule has 0 spiro atoms. The molecule has 1 atom stereocenters. The van der Waals surface area contributed by atoms with Crippen LogP contribution in [0.15, 0.2) is 42.5 Å². The topological polar surface area (TPSA) is 21.3 Å². The molecule has 0 amide bonds. The van der Waals surface area contributed by atoms with Gasteiger partial charge >= 0.3 is 0 Å². The molecule has 2 nitrogen and oxygen atoms in total. The molecule has 0 aliphatic carbocycles. The molecular weight excluding hydrogens is 277 g/mol. The van der Waals surface area contributed by atoms with Gasteiger partial charge in [-0.05, 0) is 36.8 Å². The lowest BCUT2D eigenvalue weighted by Gasteiger charge is -2.15. The summed E-state index contributed by atoms with van der Waals surface area (Å²) in [5.41, 5.74) is 1.60. The first-order chi connectivity index (χ1) is 9.61. The van der Waals surface area contributed by atoms with E-state index in [2.05, 4.69) is 5.32 Å². The summed E-state index contributed by atoms with van der Waals surface area (Å²) in [5.74, 6) is 0.532. The SMILES string of the molecule is COc1ccc([C@H](C)NCc2c(F)cccc2Cl)cc1. The molecular formula is C16H17ClFNO. The summed E-state index contributed by atoms with van der Waals surface area (Å²) in [6.07, 6.45) is 0. The third-order valence-corrected chi connectivity index (χ3v) is 3.62. The van der Waals surface area contributed by atoms with Crippen molar-refractivity contribution in [2.24, 2.45) is 0 Å². The van der Waals surface area contributed by atoms with Crippen LogP contribution in [-0.2, 0) is 6.54 Å². The molecule has 2 aromatic rings. The van der Waals surface area contributed by atoms with Crippen LogP contribution in [0.25, 0.3) is 0 Å². The van der Waals surface area contributed by atoms with Crippen LogP contribution in [0.1, 0.15) is 24.1 Å². The lowest BCUT2D eigenvalue weighted by molar-refractivity contribution is 0.414. The monoisotopic (exact) mass is 293 g/mol. The highest BCUT2D eigenvalue weighted by Gasteiger charge is 2.10. The minimum Gasteiger partial charge on any atom is -0.497 e. The van der Waals surface area contributed by atoms with E-state index in [4.69, 9.17) is 16.3 Å². The van der Waals surface area contributed by atoms with Gasteiger partial charge in [-0.15, -0.1) is 0 Å². The van der Waals surface area contributed by atoms with E-state index in [0.717, 1.165) is 11.3 Å². The predicted octanol–water partition coefficient (Wildman–Crippen LogP) is 4.34. The second-order valence-corrected chi connectivity index (χ2v) is 4.98. The second kappa shape index (κ2) is 6.73. The molecule has 20 heavy (non-hydrogen) atoms. The molecule has 106 valence electrons. The number of halogens is 2. The molecule has 0 bridgehead atoms. The zero-order valence-electron chi connectivity index (χ0n) is 11.5. The van der Waals surface area contributed by atoms with Crippen LogP contribution in [0, 0.1) is 5.82 Å². The zero-order chi connectivity index (χ0) is 14.5. The molecule has 0 saturated carbocycles. The van der Waals surface area contributed by atoms with Gasteiger partial charge in [0.15, 0.2) is 0 Å². The average molecular weight is 294 g/mol. The number of methoxy groups -OCH3 is 1. The van der Waals surface area contributed by atoms with Crippen molar-refractivity contribution in [1.29, 1.82) is 0 Å². The van der Waals surface area contributed by atoms with E-state index in [1.807, 2.05) is 31.2 Å². The van der Waals surface area contributed by atoms with Gasteiger partial charge in [0.05, 0.1) is 7.11 Å². The van der Waals surface area contributed by atoms with Gasteiger partial charge in [0.2, 0.25) is 0 Å². The summed E-state index contributed by atoms with van der Waals surface area (Å²) >= 11 is 6.00. The van der Waals surface area contributed by atoms with Crippen LogP contribution in [0.3, 0.4) is 0 Å². The molecule has 1 N–H and O–H groups in total. The Bertz CT molecular complexity index is 551. The van der Waals surface area contributed by atoms with Crippen LogP contribution < -0.4 is 10.1 Å². The molecule has 4 heteroatoms. The molecule has 2 rings (SSSR count). The number of nitrogens with one attached hydrogen (secondary N) is 1. The Labute approximate surface area is 123 Å². The van der Waals surface area contributed by atoms with Crippen LogP contribution in [0.4, 0.5) is 4.39 Å². The minimum atomic E-state index is -0.285.